The Morgan fingerprint density at radius 1 is 0.250 bits per heavy atom. The molecule has 0 saturated heterocycles. The van der Waals surface area contributed by atoms with Gasteiger partial charge in [-0.25, -0.2) is 0 Å². The number of thiophene rings is 2. The van der Waals surface area contributed by atoms with Crippen molar-refractivity contribution in [3.8, 4) is 22.3 Å². The summed E-state index contributed by atoms with van der Waals surface area (Å²) in [6.45, 7) is 0. The Labute approximate surface area is 401 Å². The molecule has 2 heterocycles. The van der Waals surface area contributed by atoms with E-state index in [9.17, 15) is 0 Å². The summed E-state index contributed by atoms with van der Waals surface area (Å²) in [5.41, 5.74) is 11.7. The third-order valence-corrected chi connectivity index (χ3v) is 16.3. The van der Waals surface area contributed by atoms with Gasteiger partial charge < -0.3 is 9.80 Å². The molecule has 68 heavy (non-hydrogen) atoms. The van der Waals surface area contributed by atoms with Gasteiger partial charge in [-0.1, -0.05) is 170 Å². The zero-order valence-corrected chi connectivity index (χ0v) is 38.4. The SMILES string of the molecule is c1ccc(N(c2ccc(-c3cccc4c3sc3ccccc34)cc2)c2ccc3ccc4c(N(c5ccccc5)c5ccc(-c6cccc7c6sc6ccccc67)cc5)ccc5ccc2c3c54)cc1. The average Bonchev–Trinajstić information content (AvgIpc) is 3.99. The molecule has 0 aliphatic heterocycles. The van der Waals surface area contributed by atoms with E-state index in [4.69, 9.17) is 0 Å². The number of rotatable bonds is 8. The Hall–Kier alpha value is -8.28. The van der Waals surface area contributed by atoms with Crippen molar-refractivity contribution in [1.82, 2.24) is 0 Å². The van der Waals surface area contributed by atoms with Crippen LogP contribution in [0.2, 0.25) is 0 Å². The third-order valence-electron chi connectivity index (χ3n) is 13.8. The highest BCUT2D eigenvalue weighted by molar-refractivity contribution is 7.26. The van der Waals surface area contributed by atoms with E-state index in [1.165, 1.54) is 94.9 Å². The van der Waals surface area contributed by atoms with Crippen LogP contribution in [0.1, 0.15) is 0 Å². The average molecular weight is 901 g/mol. The Balaban J connectivity index is 0.902. The molecule has 0 amide bonds. The maximum atomic E-state index is 2.42. The van der Waals surface area contributed by atoms with Gasteiger partial charge in [0.05, 0.1) is 11.4 Å². The van der Waals surface area contributed by atoms with Crippen molar-refractivity contribution >= 4 is 129 Å². The summed E-state index contributed by atoms with van der Waals surface area (Å²) in [5, 5.41) is 12.7. The van der Waals surface area contributed by atoms with E-state index in [1.54, 1.807) is 0 Å². The predicted molar refractivity (Wildman–Crippen MR) is 296 cm³/mol. The summed E-state index contributed by atoms with van der Waals surface area (Å²) < 4.78 is 5.30. The molecule has 12 aromatic carbocycles. The molecule has 0 N–H and O–H groups in total. The second kappa shape index (κ2) is 15.7. The Kier molecular flexibility index (Phi) is 8.98. The summed E-state index contributed by atoms with van der Waals surface area (Å²) in [6, 6.07) is 89.3. The van der Waals surface area contributed by atoms with Crippen LogP contribution in [0.15, 0.2) is 243 Å². The van der Waals surface area contributed by atoms with Gasteiger partial charge in [-0.05, 0) is 117 Å². The molecule has 0 atom stereocenters. The summed E-state index contributed by atoms with van der Waals surface area (Å²) in [7, 11) is 0. The maximum absolute atomic E-state index is 2.42. The first-order valence-corrected chi connectivity index (χ1v) is 24.8. The van der Waals surface area contributed by atoms with E-state index < -0.39 is 0 Å². The highest BCUT2D eigenvalue weighted by atomic mass is 32.1. The molecule has 4 heteroatoms. The van der Waals surface area contributed by atoms with Crippen molar-refractivity contribution in [3.63, 3.8) is 0 Å². The van der Waals surface area contributed by atoms with E-state index in [0.717, 1.165) is 34.1 Å². The number of benzene rings is 12. The number of hydrogen-bond acceptors (Lipinski definition) is 4. The number of nitrogens with zero attached hydrogens (tertiary/aromatic N) is 2. The summed E-state index contributed by atoms with van der Waals surface area (Å²) in [4.78, 5) is 4.85. The molecular weight excluding hydrogens is 861 g/mol. The Morgan fingerprint density at radius 3 is 1.06 bits per heavy atom. The van der Waals surface area contributed by atoms with Gasteiger partial charge >= 0.3 is 0 Å². The van der Waals surface area contributed by atoms with Gasteiger partial charge in [0.15, 0.2) is 0 Å². The van der Waals surface area contributed by atoms with Gasteiger partial charge in [-0.15, -0.1) is 22.7 Å². The molecule has 318 valence electrons. The van der Waals surface area contributed by atoms with E-state index in [1.807, 2.05) is 22.7 Å². The Morgan fingerprint density at radius 2 is 0.618 bits per heavy atom. The molecule has 0 bridgehead atoms. The van der Waals surface area contributed by atoms with Crippen LogP contribution >= 0.6 is 22.7 Å². The molecule has 0 saturated carbocycles. The quantitative estimate of drug-likeness (QED) is 0.140. The topological polar surface area (TPSA) is 6.48 Å². The van der Waals surface area contributed by atoms with E-state index >= 15 is 0 Å². The van der Waals surface area contributed by atoms with Gasteiger partial charge in [0, 0.05) is 73.9 Å². The first-order valence-electron chi connectivity index (χ1n) is 23.2. The number of para-hydroxylation sites is 2. The van der Waals surface area contributed by atoms with Gasteiger partial charge in [-0.2, -0.15) is 0 Å². The van der Waals surface area contributed by atoms with Crippen molar-refractivity contribution in [1.29, 1.82) is 0 Å². The monoisotopic (exact) mass is 900 g/mol. The predicted octanol–water partition coefficient (Wildman–Crippen LogP) is 19.6. The van der Waals surface area contributed by atoms with Gasteiger partial charge in [0.25, 0.3) is 0 Å². The minimum atomic E-state index is 1.11. The first kappa shape index (κ1) is 38.9. The van der Waals surface area contributed by atoms with E-state index in [-0.39, 0.29) is 0 Å². The fourth-order valence-electron chi connectivity index (χ4n) is 10.7. The molecular formula is C64H40N2S2. The number of anilines is 6. The van der Waals surface area contributed by atoms with Crippen molar-refractivity contribution in [2.24, 2.45) is 0 Å². The maximum Gasteiger partial charge on any atom is 0.0540 e. The zero-order valence-electron chi connectivity index (χ0n) is 36.8. The summed E-state index contributed by atoms with van der Waals surface area (Å²) >= 11 is 3.76. The van der Waals surface area contributed by atoms with Crippen molar-refractivity contribution in [2.75, 3.05) is 9.80 Å². The van der Waals surface area contributed by atoms with Crippen LogP contribution in [0.25, 0.3) is 94.9 Å². The number of hydrogen-bond donors (Lipinski definition) is 0. The fraction of sp³-hybridized carbons (Fsp3) is 0. The van der Waals surface area contributed by atoms with Crippen molar-refractivity contribution < 1.29 is 0 Å². The van der Waals surface area contributed by atoms with Gasteiger partial charge in [-0.3, -0.25) is 0 Å². The molecule has 0 aliphatic rings. The van der Waals surface area contributed by atoms with Crippen LogP contribution in [-0.2, 0) is 0 Å². The second-order valence-electron chi connectivity index (χ2n) is 17.6. The lowest BCUT2D eigenvalue weighted by molar-refractivity contribution is 1.30. The van der Waals surface area contributed by atoms with Crippen molar-refractivity contribution in [3.05, 3.63) is 243 Å². The van der Waals surface area contributed by atoms with E-state index in [0.29, 0.717) is 0 Å². The lowest BCUT2D eigenvalue weighted by Gasteiger charge is -2.29. The molecule has 14 rings (SSSR count). The minimum Gasteiger partial charge on any atom is -0.310 e. The molecule has 2 nitrogen and oxygen atoms in total. The first-order chi connectivity index (χ1) is 33.7. The Bertz CT molecular complexity index is 3920. The standard InChI is InChI=1S/C64H40N2S2/c1-3-13-45(14-4-1)65(47-33-25-41(26-34-47)49-19-11-21-53-51-17-7-9-23-59(51)67-63(49)53)57-39-31-43-30-38-56-58(40-32-44-29-37-55(57)61(43)62(44)56)66(46-15-5-2-6-16-46)48-35-27-42(28-36-48)50-20-12-22-54-52-18-8-10-24-60(52)68-64(50)54/h1-40H. The second-order valence-corrected chi connectivity index (χ2v) is 19.7. The molecule has 0 fully saturated rings. The van der Waals surface area contributed by atoms with Crippen LogP contribution in [0.3, 0.4) is 0 Å². The summed E-state index contributed by atoms with van der Waals surface area (Å²) in [6.07, 6.45) is 0. The van der Waals surface area contributed by atoms with Crippen LogP contribution in [0.5, 0.6) is 0 Å². The van der Waals surface area contributed by atoms with Gasteiger partial charge in [0.1, 0.15) is 0 Å². The van der Waals surface area contributed by atoms with E-state index in [2.05, 4.69) is 252 Å². The molecule has 2 aromatic heterocycles. The van der Waals surface area contributed by atoms with Crippen LogP contribution in [0.4, 0.5) is 34.1 Å². The molecule has 14 aromatic rings. The molecule has 0 spiro atoms. The highest BCUT2D eigenvalue weighted by Gasteiger charge is 2.22. The van der Waals surface area contributed by atoms with Gasteiger partial charge in [0.2, 0.25) is 0 Å². The highest BCUT2D eigenvalue weighted by Crippen LogP contribution is 2.49. The number of fused-ring (bicyclic) bond motifs is 6. The zero-order chi connectivity index (χ0) is 44.7. The lowest BCUT2D eigenvalue weighted by Crippen LogP contribution is -2.11. The van der Waals surface area contributed by atoms with Crippen LogP contribution < -0.4 is 9.80 Å². The fourth-order valence-corrected chi connectivity index (χ4v) is 13.2. The van der Waals surface area contributed by atoms with Crippen LogP contribution in [0, 0.1) is 0 Å². The summed E-state index contributed by atoms with van der Waals surface area (Å²) in [5.74, 6) is 0. The normalized spacial score (nSPS) is 11.8. The van der Waals surface area contributed by atoms with Crippen molar-refractivity contribution in [2.45, 2.75) is 0 Å². The lowest BCUT2D eigenvalue weighted by atomic mass is 9.91. The minimum absolute atomic E-state index is 1.11. The third kappa shape index (κ3) is 6.15. The molecule has 0 unspecified atom stereocenters. The molecule has 0 radical (unpaired) electrons. The molecule has 0 aliphatic carbocycles. The smallest absolute Gasteiger partial charge is 0.0540 e. The largest absolute Gasteiger partial charge is 0.310 e. The van der Waals surface area contributed by atoms with Crippen LogP contribution in [-0.4, -0.2) is 0 Å².